The van der Waals surface area contributed by atoms with Gasteiger partial charge in [0.15, 0.2) is 6.29 Å². The Balaban J connectivity index is 1.80. The lowest BCUT2D eigenvalue weighted by Crippen LogP contribution is -2.36. The van der Waals surface area contributed by atoms with Gasteiger partial charge in [-0.15, -0.1) is 0 Å². The molecule has 1 aromatic carbocycles. The van der Waals surface area contributed by atoms with Crippen molar-refractivity contribution in [3.05, 3.63) is 29.3 Å². The first-order valence-electron chi connectivity index (χ1n) is 7.80. The minimum Gasteiger partial charge on any atom is -0.507 e. The summed E-state index contributed by atoms with van der Waals surface area (Å²) < 4.78 is 5.50. The van der Waals surface area contributed by atoms with Gasteiger partial charge in [-0.3, -0.25) is 4.79 Å². The second kappa shape index (κ2) is 8.15. The zero-order chi connectivity index (χ0) is 15.1. The van der Waals surface area contributed by atoms with E-state index in [2.05, 4.69) is 4.90 Å². The van der Waals surface area contributed by atoms with Gasteiger partial charge in [-0.1, -0.05) is 12.1 Å². The summed E-state index contributed by atoms with van der Waals surface area (Å²) in [6.07, 6.45) is 3.92. The molecule has 1 N–H and O–H groups in total. The van der Waals surface area contributed by atoms with Crippen LogP contribution in [0.2, 0.25) is 0 Å². The SMILES string of the molecule is CCOCC1CCN(CCc2cccc(O)c2C=O)CC1. The van der Waals surface area contributed by atoms with E-state index >= 15 is 0 Å². The smallest absolute Gasteiger partial charge is 0.154 e. The van der Waals surface area contributed by atoms with Crippen LogP contribution in [0.1, 0.15) is 35.7 Å². The molecule has 0 unspecified atom stereocenters. The number of nitrogens with zero attached hydrogens (tertiary/aromatic N) is 1. The van der Waals surface area contributed by atoms with Gasteiger partial charge in [-0.25, -0.2) is 0 Å². The lowest BCUT2D eigenvalue weighted by Gasteiger charge is -2.31. The first-order chi connectivity index (χ1) is 10.2. The number of hydrogen-bond donors (Lipinski definition) is 1. The molecule has 0 radical (unpaired) electrons. The van der Waals surface area contributed by atoms with E-state index < -0.39 is 0 Å². The predicted octanol–water partition coefficient (Wildman–Crippen LogP) is 2.50. The Hall–Kier alpha value is -1.39. The second-order valence-corrected chi connectivity index (χ2v) is 5.66. The highest BCUT2D eigenvalue weighted by atomic mass is 16.5. The summed E-state index contributed by atoms with van der Waals surface area (Å²) in [7, 11) is 0. The van der Waals surface area contributed by atoms with E-state index in [1.165, 1.54) is 12.8 Å². The van der Waals surface area contributed by atoms with E-state index in [4.69, 9.17) is 4.74 Å². The van der Waals surface area contributed by atoms with Gasteiger partial charge < -0.3 is 14.7 Å². The van der Waals surface area contributed by atoms with Gasteiger partial charge in [0, 0.05) is 19.8 Å². The summed E-state index contributed by atoms with van der Waals surface area (Å²) >= 11 is 0. The highest BCUT2D eigenvalue weighted by Gasteiger charge is 2.19. The molecule has 0 bridgehead atoms. The van der Waals surface area contributed by atoms with Crippen LogP contribution in [0.25, 0.3) is 0 Å². The summed E-state index contributed by atoms with van der Waals surface area (Å²) in [4.78, 5) is 13.5. The van der Waals surface area contributed by atoms with Crippen molar-refractivity contribution in [2.75, 3.05) is 32.8 Å². The minimum absolute atomic E-state index is 0.0814. The van der Waals surface area contributed by atoms with E-state index in [1.54, 1.807) is 12.1 Å². The number of piperidine rings is 1. The topological polar surface area (TPSA) is 49.8 Å². The summed E-state index contributed by atoms with van der Waals surface area (Å²) in [5.74, 6) is 0.769. The summed E-state index contributed by atoms with van der Waals surface area (Å²) in [6, 6.07) is 5.28. The Bertz CT molecular complexity index is 453. The molecule has 0 aromatic heterocycles. The van der Waals surface area contributed by atoms with Crippen LogP contribution < -0.4 is 0 Å². The highest BCUT2D eigenvalue weighted by molar-refractivity contribution is 5.81. The Labute approximate surface area is 126 Å². The van der Waals surface area contributed by atoms with Gasteiger partial charge in [0.25, 0.3) is 0 Å². The average Bonchev–Trinajstić information content (AvgIpc) is 2.52. The van der Waals surface area contributed by atoms with Crippen LogP contribution in [0.15, 0.2) is 18.2 Å². The van der Waals surface area contributed by atoms with Crippen LogP contribution in [-0.4, -0.2) is 49.1 Å². The molecule has 1 saturated heterocycles. The van der Waals surface area contributed by atoms with Crippen molar-refractivity contribution in [3.8, 4) is 5.75 Å². The third kappa shape index (κ3) is 4.55. The Morgan fingerprint density at radius 3 is 2.81 bits per heavy atom. The molecule has 4 nitrogen and oxygen atoms in total. The number of aldehydes is 1. The van der Waals surface area contributed by atoms with E-state index in [9.17, 15) is 9.90 Å². The number of aromatic hydroxyl groups is 1. The lowest BCUT2D eigenvalue weighted by atomic mass is 9.97. The molecule has 116 valence electrons. The number of ether oxygens (including phenoxy) is 1. The molecule has 1 aromatic rings. The fourth-order valence-corrected chi connectivity index (χ4v) is 2.89. The van der Waals surface area contributed by atoms with Crippen LogP contribution in [0.4, 0.5) is 0 Å². The van der Waals surface area contributed by atoms with Crippen molar-refractivity contribution in [1.82, 2.24) is 4.90 Å². The molecule has 21 heavy (non-hydrogen) atoms. The van der Waals surface area contributed by atoms with Crippen LogP contribution in [0.5, 0.6) is 5.75 Å². The van der Waals surface area contributed by atoms with Gasteiger partial charge in [-0.2, -0.15) is 0 Å². The number of carbonyl (C=O) groups is 1. The molecule has 4 heteroatoms. The van der Waals surface area contributed by atoms with Crippen molar-refractivity contribution < 1.29 is 14.6 Å². The predicted molar refractivity (Wildman–Crippen MR) is 82.9 cm³/mol. The maximum Gasteiger partial charge on any atom is 0.154 e. The van der Waals surface area contributed by atoms with E-state index in [0.29, 0.717) is 11.5 Å². The molecule has 0 amide bonds. The molecule has 1 fully saturated rings. The Kier molecular flexibility index (Phi) is 6.21. The summed E-state index contributed by atoms with van der Waals surface area (Å²) in [5.41, 5.74) is 1.37. The molecular formula is C17H25NO3. The van der Waals surface area contributed by atoms with Gasteiger partial charge in [0.1, 0.15) is 5.75 Å². The molecule has 0 saturated carbocycles. The van der Waals surface area contributed by atoms with Crippen molar-refractivity contribution in [2.24, 2.45) is 5.92 Å². The minimum atomic E-state index is 0.0814. The van der Waals surface area contributed by atoms with Crippen molar-refractivity contribution in [3.63, 3.8) is 0 Å². The first kappa shape index (κ1) is 16.0. The number of likely N-dealkylation sites (tertiary alicyclic amines) is 1. The average molecular weight is 291 g/mol. The fourth-order valence-electron chi connectivity index (χ4n) is 2.89. The molecule has 0 atom stereocenters. The monoisotopic (exact) mass is 291 g/mol. The number of carbonyl (C=O) groups excluding carboxylic acids is 1. The fraction of sp³-hybridized carbons (Fsp3) is 0.588. The van der Waals surface area contributed by atoms with Crippen LogP contribution in [0, 0.1) is 5.92 Å². The Morgan fingerprint density at radius 2 is 2.14 bits per heavy atom. The standard InChI is InChI=1S/C17H25NO3/c1-2-21-13-14-6-9-18(10-7-14)11-8-15-4-3-5-17(20)16(15)12-19/h3-5,12,14,20H,2,6-11,13H2,1H3. The normalized spacial score (nSPS) is 17.0. The summed E-state index contributed by atoms with van der Waals surface area (Å²) in [5, 5.41) is 9.69. The van der Waals surface area contributed by atoms with Gasteiger partial charge in [0.2, 0.25) is 0 Å². The number of rotatable bonds is 7. The molecule has 1 aliphatic rings. The zero-order valence-electron chi connectivity index (χ0n) is 12.8. The van der Waals surface area contributed by atoms with E-state index in [0.717, 1.165) is 51.1 Å². The van der Waals surface area contributed by atoms with Crippen molar-refractivity contribution >= 4 is 6.29 Å². The van der Waals surface area contributed by atoms with E-state index in [-0.39, 0.29) is 5.75 Å². The quantitative estimate of drug-likeness (QED) is 0.784. The van der Waals surface area contributed by atoms with Crippen LogP contribution >= 0.6 is 0 Å². The molecule has 1 heterocycles. The van der Waals surface area contributed by atoms with E-state index in [1.807, 2.05) is 13.0 Å². The van der Waals surface area contributed by atoms with Gasteiger partial charge >= 0.3 is 0 Å². The molecule has 2 rings (SSSR count). The second-order valence-electron chi connectivity index (χ2n) is 5.66. The lowest BCUT2D eigenvalue weighted by molar-refractivity contribution is 0.0745. The third-order valence-electron chi connectivity index (χ3n) is 4.25. The maximum atomic E-state index is 11.1. The van der Waals surface area contributed by atoms with Gasteiger partial charge in [-0.05, 0) is 56.8 Å². The maximum absolute atomic E-state index is 11.1. The number of benzene rings is 1. The van der Waals surface area contributed by atoms with Crippen LogP contribution in [0.3, 0.4) is 0 Å². The zero-order valence-corrected chi connectivity index (χ0v) is 12.8. The number of hydrogen-bond acceptors (Lipinski definition) is 4. The third-order valence-corrected chi connectivity index (χ3v) is 4.25. The molecule has 1 aliphatic heterocycles. The molecule has 0 spiro atoms. The Morgan fingerprint density at radius 1 is 1.38 bits per heavy atom. The van der Waals surface area contributed by atoms with Crippen LogP contribution in [-0.2, 0) is 11.2 Å². The first-order valence-corrected chi connectivity index (χ1v) is 7.80. The number of phenolic OH excluding ortho intramolecular Hbond substituents is 1. The van der Waals surface area contributed by atoms with Gasteiger partial charge in [0.05, 0.1) is 5.56 Å². The van der Waals surface area contributed by atoms with Crippen molar-refractivity contribution in [1.29, 1.82) is 0 Å². The summed E-state index contributed by atoms with van der Waals surface area (Å²) in [6.45, 7) is 6.83. The number of phenols is 1. The highest BCUT2D eigenvalue weighted by Crippen LogP contribution is 2.21. The van der Waals surface area contributed by atoms with Crippen molar-refractivity contribution in [2.45, 2.75) is 26.2 Å². The largest absolute Gasteiger partial charge is 0.507 e. The molecule has 0 aliphatic carbocycles. The molecular weight excluding hydrogens is 266 g/mol.